The molecule has 1 atom stereocenters. The number of rotatable bonds is 6. The number of carbonyl (C=O) groups is 1. The average molecular weight is 375 g/mol. The summed E-state index contributed by atoms with van der Waals surface area (Å²) in [5.74, 6) is -0.230. The Morgan fingerprint density at radius 2 is 1.65 bits per heavy atom. The van der Waals surface area contributed by atoms with Crippen molar-refractivity contribution in [3.8, 4) is 0 Å². The summed E-state index contributed by atoms with van der Waals surface area (Å²) >= 11 is 0. The van der Waals surface area contributed by atoms with Crippen LogP contribution in [0.3, 0.4) is 0 Å². The number of sulfonamides is 1. The van der Waals surface area contributed by atoms with Crippen LogP contribution in [0.4, 0.5) is 5.69 Å². The van der Waals surface area contributed by atoms with Crippen molar-refractivity contribution in [1.29, 1.82) is 0 Å². The van der Waals surface area contributed by atoms with E-state index in [-0.39, 0.29) is 11.9 Å². The fourth-order valence-corrected chi connectivity index (χ4v) is 3.34. The molecule has 0 radical (unpaired) electrons. The SMILES string of the molecule is CC[C@H](NC(=O)c1ccc(C)c(NS(C)(=O)=O)c1)c1ccc(C)c(C)c1. The first-order valence-electron chi connectivity index (χ1n) is 8.57. The maximum atomic E-state index is 12.7. The summed E-state index contributed by atoms with van der Waals surface area (Å²) in [6.45, 7) is 7.92. The van der Waals surface area contributed by atoms with E-state index in [0.29, 0.717) is 11.3 Å². The minimum Gasteiger partial charge on any atom is -0.345 e. The Labute approximate surface area is 155 Å². The van der Waals surface area contributed by atoms with E-state index < -0.39 is 10.0 Å². The molecule has 0 aliphatic carbocycles. The van der Waals surface area contributed by atoms with Crippen LogP contribution in [0.1, 0.15) is 52.0 Å². The lowest BCUT2D eigenvalue weighted by molar-refractivity contribution is 0.0935. The number of benzene rings is 2. The van der Waals surface area contributed by atoms with Crippen molar-refractivity contribution in [2.75, 3.05) is 11.0 Å². The highest BCUT2D eigenvalue weighted by Gasteiger charge is 2.16. The molecule has 2 rings (SSSR count). The summed E-state index contributed by atoms with van der Waals surface area (Å²) in [5, 5.41) is 3.04. The van der Waals surface area contributed by atoms with E-state index in [1.807, 2.05) is 13.0 Å². The molecule has 0 saturated heterocycles. The Kier molecular flexibility index (Phi) is 6.08. The van der Waals surface area contributed by atoms with Crippen molar-refractivity contribution in [1.82, 2.24) is 5.32 Å². The Bertz CT molecular complexity index is 921. The quantitative estimate of drug-likeness (QED) is 0.806. The van der Waals surface area contributed by atoms with Crippen LogP contribution in [0.2, 0.25) is 0 Å². The van der Waals surface area contributed by atoms with E-state index in [9.17, 15) is 13.2 Å². The Morgan fingerprint density at radius 3 is 2.23 bits per heavy atom. The van der Waals surface area contributed by atoms with Gasteiger partial charge in [0, 0.05) is 5.56 Å². The maximum absolute atomic E-state index is 12.7. The monoisotopic (exact) mass is 374 g/mol. The number of aryl methyl sites for hydroxylation is 3. The van der Waals surface area contributed by atoms with Gasteiger partial charge in [-0.2, -0.15) is 0 Å². The zero-order valence-corrected chi connectivity index (χ0v) is 16.7. The molecule has 0 aliphatic heterocycles. The van der Waals surface area contributed by atoms with Gasteiger partial charge in [-0.25, -0.2) is 8.42 Å². The first-order chi connectivity index (χ1) is 12.1. The van der Waals surface area contributed by atoms with E-state index in [4.69, 9.17) is 0 Å². The minimum absolute atomic E-state index is 0.102. The summed E-state index contributed by atoms with van der Waals surface area (Å²) in [6, 6.07) is 11.1. The second kappa shape index (κ2) is 7.91. The number of hydrogen-bond acceptors (Lipinski definition) is 3. The fourth-order valence-electron chi connectivity index (χ4n) is 2.72. The third kappa shape index (κ3) is 5.08. The molecular weight excluding hydrogens is 348 g/mol. The number of anilines is 1. The van der Waals surface area contributed by atoms with Crippen LogP contribution in [0.25, 0.3) is 0 Å². The van der Waals surface area contributed by atoms with Crippen molar-refractivity contribution < 1.29 is 13.2 Å². The lowest BCUT2D eigenvalue weighted by Gasteiger charge is -2.19. The van der Waals surface area contributed by atoms with Crippen LogP contribution in [0.15, 0.2) is 36.4 Å². The Morgan fingerprint density at radius 1 is 1.00 bits per heavy atom. The van der Waals surface area contributed by atoms with Gasteiger partial charge in [0.1, 0.15) is 0 Å². The van der Waals surface area contributed by atoms with Crippen LogP contribution in [0.5, 0.6) is 0 Å². The second-order valence-corrected chi connectivity index (χ2v) is 8.43. The smallest absolute Gasteiger partial charge is 0.251 e. The first kappa shape index (κ1) is 20.0. The highest BCUT2D eigenvalue weighted by Crippen LogP contribution is 2.22. The fraction of sp³-hybridized carbons (Fsp3) is 0.350. The maximum Gasteiger partial charge on any atom is 0.251 e. The van der Waals surface area contributed by atoms with Gasteiger partial charge in [-0.15, -0.1) is 0 Å². The summed E-state index contributed by atoms with van der Waals surface area (Å²) < 4.78 is 25.4. The Balaban J connectivity index is 2.25. The average Bonchev–Trinajstić information content (AvgIpc) is 2.55. The zero-order chi connectivity index (χ0) is 19.5. The standard InChI is InChI=1S/C20H26N2O3S/c1-6-18(16-9-7-13(2)15(4)11-16)21-20(23)17-10-8-14(3)19(12-17)22-26(5,24)25/h7-12,18,22H,6H2,1-5H3,(H,21,23)/t18-/m0/s1. The third-order valence-corrected chi connectivity index (χ3v) is 5.03. The molecule has 140 valence electrons. The van der Waals surface area contributed by atoms with Gasteiger partial charge in [0.05, 0.1) is 18.0 Å². The first-order valence-corrected chi connectivity index (χ1v) is 10.5. The molecule has 0 spiro atoms. The lowest BCUT2D eigenvalue weighted by Crippen LogP contribution is -2.28. The summed E-state index contributed by atoms with van der Waals surface area (Å²) in [7, 11) is -3.40. The summed E-state index contributed by atoms with van der Waals surface area (Å²) in [6.07, 6.45) is 1.85. The molecule has 0 fully saturated rings. The van der Waals surface area contributed by atoms with E-state index in [2.05, 4.69) is 36.0 Å². The van der Waals surface area contributed by atoms with Crippen molar-refractivity contribution in [2.24, 2.45) is 0 Å². The Hall–Kier alpha value is -2.34. The highest BCUT2D eigenvalue weighted by molar-refractivity contribution is 7.92. The largest absolute Gasteiger partial charge is 0.345 e. The van der Waals surface area contributed by atoms with Crippen molar-refractivity contribution in [3.63, 3.8) is 0 Å². The molecule has 0 heterocycles. The van der Waals surface area contributed by atoms with Crippen molar-refractivity contribution in [3.05, 3.63) is 64.2 Å². The molecular formula is C20H26N2O3S. The lowest BCUT2D eigenvalue weighted by atomic mass is 9.99. The second-order valence-electron chi connectivity index (χ2n) is 6.68. The topological polar surface area (TPSA) is 75.3 Å². The molecule has 0 aliphatic rings. The van der Waals surface area contributed by atoms with E-state index in [0.717, 1.165) is 23.8 Å². The van der Waals surface area contributed by atoms with Gasteiger partial charge in [-0.3, -0.25) is 9.52 Å². The number of nitrogens with one attached hydrogen (secondary N) is 2. The van der Waals surface area contributed by atoms with E-state index in [1.165, 1.54) is 11.1 Å². The van der Waals surface area contributed by atoms with E-state index in [1.54, 1.807) is 25.1 Å². The molecule has 5 nitrogen and oxygen atoms in total. The molecule has 2 N–H and O–H groups in total. The molecule has 1 amide bonds. The van der Waals surface area contributed by atoms with Crippen molar-refractivity contribution >= 4 is 21.6 Å². The molecule has 0 bridgehead atoms. The van der Waals surface area contributed by atoms with Crippen LogP contribution in [0, 0.1) is 20.8 Å². The van der Waals surface area contributed by atoms with Crippen LogP contribution >= 0.6 is 0 Å². The van der Waals surface area contributed by atoms with Gasteiger partial charge in [0.2, 0.25) is 10.0 Å². The number of amides is 1. The van der Waals surface area contributed by atoms with Crippen LogP contribution in [-0.4, -0.2) is 20.6 Å². The number of carbonyl (C=O) groups excluding carboxylic acids is 1. The number of hydrogen-bond donors (Lipinski definition) is 2. The van der Waals surface area contributed by atoms with E-state index >= 15 is 0 Å². The minimum atomic E-state index is -3.40. The van der Waals surface area contributed by atoms with Gasteiger partial charge in [-0.1, -0.05) is 31.2 Å². The van der Waals surface area contributed by atoms with Crippen molar-refractivity contribution in [2.45, 2.75) is 40.2 Å². The molecule has 0 aromatic heterocycles. The third-order valence-electron chi connectivity index (χ3n) is 4.44. The van der Waals surface area contributed by atoms with Crippen LogP contribution in [-0.2, 0) is 10.0 Å². The summed E-state index contributed by atoms with van der Waals surface area (Å²) in [4.78, 5) is 12.7. The normalized spacial score (nSPS) is 12.5. The predicted molar refractivity (Wildman–Crippen MR) is 106 cm³/mol. The molecule has 2 aromatic carbocycles. The molecule has 0 saturated carbocycles. The molecule has 0 unspecified atom stereocenters. The van der Waals surface area contributed by atoms with Gasteiger partial charge >= 0.3 is 0 Å². The molecule has 2 aromatic rings. The molecule has 26 heavy (non-hydrogen) atoms. The van der Waals surface area contributed by atoms with Gasteiger partial charge in [-0.05, 0) is 61.6 Å². The predicted octanol–water partition coefficient (Wildman–Crippen LogP) is 3.86. The highest BCUT2D eigenvalue weighted by atomic mass is 32.2. The van der Waals surface area contributed by atoms with Gasteiger partial charge in [0.15, 0.2) is 0 Å². The zero-order valence-electron chi connectivity index (χ0n) is 15.9. The van der Waals surface area contributed by atoms with Gasteiger partial charge < -0.3 is 5.32 Å². The van der Waals surface area contributed by atoms with Gasteiger partial charge in [0.25, 0.3) is 5.91 Å². The van der Waals surface area contributed by atoms with Crippen LogP contribution < -0.4 is 10.0 Å². The molecule has 6 heteroatoms. The summed E-state index contributed by atoms with van der Waals surface area (Å²) in [5.41, 5.74) is 5.05.